The Labute approximate surface area is 106 Å². The van der Waals surface area contributed by atoms with E-state index in [1.165, 1.54) is 5.56 Å². The summed E-state index contributed by atoms with van der Waals surface area (Å²) in [7, 11) is -2.83. The molecule has 1 unspecified atom stereocenters. The van der Waals surface area contributed by atoms with Crippen molar-refractivity contribution in [3.05, 3.63) is 22.4 Å². The highest BCUT2D eigenvalue weighted by molar-refractivity contribution is 7.91. The Morgan fingerprint density at radius 1 is 1.41 bits per heavy atom. The molecule has 1 aliphatic rings. The molecule has 17 heavy (non-hydrogen) atoms. The van der Waals surface area contributed by atoms with Crippen molar-refractivity contribution in [3.63, 3.8) is 0 Å². The molecule has 0 radical (unpaired) electrons. The Balaban J connectivity index is 2.08. The summed E-state index contributed by atoms with van der Waals surface area (Å²) in [4.78, 5) is 2.17. The third-order valence-electron chi connectivity index (χ3n) is 3.15. The van der Waals surface area contributed by atoms with Crippen molar-refractivity contribution < 1.29 is 13.5 Å². The minimum absolute atomic E-state index is 0.129. The van der Waals surface area contributed by atoms with Gasteiger partial charge in [-0.25, -0.2) is 8.42 Å². The van der Waals surface area contributed by atoms with Gasteiger partial charge in [0.05, 0.1) is 11.5 Å². The number of thiophene rings is 1. The molecule has 6 heteroatoms. The fraction of sp³-hybridized carbons (Fsp3) is 0.636. The van der Waals surface area contributed by atoms with E-state index >= 15 is 0 Å². The van der Waals surface area contributed by atoms with E-state index in [4.69, 9.17) is 5.11 Å². The van der Waals surface area contributed by atoms with Crippen molar-refractivity contribution >= 4 is 21.2 Å². The van der Waals surface area contributed by atoms with E-state index in [2.05, 4.69) is 10.3 Å². The first kappa shape index (κ1) is 13.0. The Morgan fingerprint density at radius 3 is 2.65 bits per heavy atom. The predicted molar refractivity (Wildman–Crippen MR) is 69.0 cm³/mol. The molecule has 96 valence electrons. The van der Waals surface area contributed by atoms with Crippen LogP contribution in [0, 0.1) is 0 Å². The van der Waals surface area contributed by atoms with Crippen molar-refractivity contribution in [2.45, 2.75) is 12.5 Å². The quantitative estimate of drug-likeness (QED) is 0.887. The van der Waals surface area contributed by atoms with Gasteiger partial charge in [-0.2, -0.15) is 11.3 Å². The number of aliphatic hydroxyl groups is 1. The van der Waals surface area contributed by atoms with Crippen molar-refractivity contribution in [1.29, 1.82) is 0 Å². The van der Waals surface area contributed by atoms with Gasteiger partial charge in [-0.3, -0.25) is 4.90 Å². The lowest BCUT2D eigenvalue weighted by molar-refractivity contribution is 0.167. The first-order valence-corrected chi connectivity index (χ1v) is 8.46. The van der Waals surface area contributed by atoms with Crippen LogP contribution >= 0.6 is 11.3 Å². The van der Waals surface area contributed by atoms with Crippen LogP contribution in [0.1, 0.15) is 18.0 Å². The van der Waals surface area contributed by atoms with E-state index in [0.717, 1.165) is 0 Å². The summed E-state index contributed by atoms with van der Waals surface area (Å²) in [6, 6.07) is 2.20. The van der Waals surface area contributed by atoms with Crippen LogP contribution in [-0.2, 0) is 9.84 Å². The molecule has 0 aromatic carbocycles. The van der Waals surface area contributed by atoms with Crippen LogP contribution < -0.4 is 0 Å². The van der Waals surface area contributed by atoms with Crippen LogP contribution in [0.4, 0.5) is 0 Å². The van der Waals surface area contributed by atoms with Gasteiger partial charge in [0.25, 0.3) is 0 Å². The topological polar surface area (TPSA) is 57.6 Å². The second kappa shape index (κ2) is 5.48. The second-order valence-electron chi connectivity index (χ2n) is 4.27. The summed E-state index contributed by atoms with van der Waals surface area (Å²) >= 11 is 1.63. The summed E-state index contributed by atoms with van der Waals surface area (Å²) in [5, 5.41) is 13.2. The molecule has 2 rings (SSSR count). The molecule has 0 saturated carbocycles. The monoisotopic (exact) mass is 275 g/mol. The fourth-order valence-corrected chi connectivity index (χ4v) is 4.12. The molecule has 0 bridgehead atoms. The zero-order chi connectivity index (χ0) is 12.3. The summed E-state index contributed by atoms with van der Waals surface area (Å²) < 4.78 is 22.8. The van der Waals surface area contributed by atoms with Gasteiger partial charge in [0.1, 0.15) is 0 Å². The first-order valence-electron chi connectivity index (χ1n) is 5.70. The predicted octanol–water partition coefficient (Wildman–Crippen LogP) is 0.902. The highest BCUT2D eigenvalue weighted by Crippen LogP contribution is 2.27. The second-order valence-corrected chi connectivity index (χ2v) is 7.36. The first-order chi connectivity index (χ1) is 8.12. The third kappa shape index (κ3) is 3.28. The average Bonchev–Trinajstić information content (AvgIpc) is 2.80. The highest BCUT2D eigenvalue weighted by atomic mass is 32.2. The van der Waals surface area contributed by atoms with Crippen LogP contribution in [0.15, 0.2) is 16.8 Å². The number of sulfone groups is 1. The van der Waals surface area contributed by atoms with Gasteiger partial charge in [0.2, 0.25) is 0 Å². The lowest BCUT2D eigenvalue weighted by Crippen LogP contribution is -2.42. The maximum atomic E-state index is 11.4. The minimum atomic E-state index is -2.83. The van der Waals surface area contributed by atoms with E-state index in [-0.39, 0.29) is 24.2 Å². The SMILES string of the molecule is O=S1(=O)CCN(C(CCO)c2ccsc2)CC1. The van der Waals surface area contributed by atoms with Crippen LogP contribution in [0.25, 0.3) is 0 Å². The molecule has 0 amide bonds. The zero-order valence-corrected chi connectivity index (χ0v) is 11.2. The maximum Gasteiger partial charge on any atom is 0.152 e. The molecular formula is C11H17NO3S2. The molecule has 4 nitrogen and oxygen atoms in total. The zero-order valence-electron chi connectivity index (χ0n) is 9.58. The molecule has 0 spiro atoms. The van der Waals surface area contributed by atoms with Crippen molar-refractivity contribution in [2.75, 3.05) is 31.2 Å². The standard InChI is InChI=1S/C11H17NO3S2/c13-5-1-11(10-2-6-16-9-10)12-3-7-17(14,15)8-4-12/h2,6,9,11,13H,1,3-5,7-8H2. The lowest BCUT2D eigenvalue weighted by atomic mass is 10.1. The molecule has 0 aliphatic carbocycles. The summed E-state index contributed by atoms with van der Waals surface area (Å²) in [6.45, 7) is 1.27. The van der Waals surface area contributed by atoms with Gasteiger partial charge >= 0.3 is 0 Å². The fourth-order valence-electron chi connectivity index (χ4n) is 2.19. The minimum Gasteiger partial charge on any atom is -0.396 e. The smallest absolute Gasteiger partial charge is 0.152 e. The normalized spacial score (nSPS) is 22.4. The van der Waals surface area contributed by atoms with Crippen LogP contribution in [-0.4, -0.2) is 49.6 Å². The van der Waals surface area contributed by atoms with Crippen molar-refractivity contribution in [1.82, 2.24) is 4.90 Å². The molecule has 1 aliphatic heterocycles. The van der Waals surface area contributed by atoms with Gasteiger partial charge in [0, 0.05) is 25.7 Å². The summed E-state index contributed by atoms with van der Waals surface area (Å²) in [5.74, 6) is 0.470. The van der Waals surface area contributed by atoms with E-state index in [1.807, 2.05) is 11.4 Å². The summed E-state index contributed by atoms with van der Waals surface area (Å²) in [5.41, 5.74) is 1.18. The largest absolute Gasteiger partial charge is 0.396 e. The van der Waals surface area contributed by atoms with Gasteiger partial charge in [-0.05, 0) is 28.8 Å². The third-order valence-corrected chi connectivity index (χ3v) is 5.46. The Morgan fingerprint density at radius 2 is 2.12 bits per heavy atom. The molecule has 1 aromatic heterocycles. The van der Waals surface area contributed by atoms with Crippen LogP contribution in [0.3, 0.4) is 0 Å². The number of rotatable bonds is 4. The molecule has 2 heterocycles. The van der Waals surface area contributed by atoms with E-state index in [0.29, 0.717) is 19.5 Å². The van der Waals surface area contributed by atoms with E-state index < -0.39 is 9.84 Å². The van der Waals surface area contributed by atoms with Crippen LogP contribution in [0.5, 0.6) is 0 Å². The van der Waals surface area contributed by atoms with Gasteiger partial charge in [-0.15, -0.1) is 0 Å². The Kier molecular flexibility index (Phi) is 4.19. The van der Waals surface area contributed by atoms with Gasteiger partial charge < -0.3 is 5.11 Å². The molecular weight excluding hydrogens is 258 g/mol. The Hall–Kier alpha value is -0.430. The maximum absolute atomic E-state index is 11.4. The highest BCUT2D eigenvalue weighted by Gasteiger charge is 2.27. The number of aliphatic hydroxyl groups excluding tert-OH is 1. The lowest BCUT2D eigenvalue weighted by Gasteiger charge is -2.33. The van der Waals surface area contributed by atoms with Gasteiger partial charge in [-0.1, -0.05) is 0 Å². The molecule has 1 fully saturated rings. The van der Waals surface area contributed by atoms with Crippen molar-refractivity contribution in [3.8, 4) is 0 Å². The van der Waals surface area contributed by atoms with Crippen molar-refractivity contribution in [2.24, 2.45) is 0 Å². The van der Waals surface area contributed by atoms with Crippen LogP contribution in [0.2, 0.25) is 0 Å². The molecule has 1 saturated heterocycles. The average molecular weight is 275 g/mol. The van der Waals surface area contributed by atoms with E-state index in [1.54, 1.807) is 11.3 Å². The molecule has 1 aromatic rings. The Bertz CT molecular complexity index is 427. The molecule has 1 atom stereocenters. The molecule has 1 N–H and O–H groups in total. The summed E-state index contributed by atoms with van der Waals surface area (Å²) in [6.07, 6.45) is 0.663. The van der Waals surface area contributed by atoms with E-state index in [9.17, 15) is 8.42 Å². The number of nitrogens with zero attached hydrogens (tertiary/aromatic N) is 1. The van der Waals surface area contributed by atoms with Gasteiger partial charge in [0.15, 0.2) is 9.84 Å². The number of hydrogen-bond acceptors (Lipinski definition) is 5. The number of hydrogen-bond donors (Lipinski definition) is 1.